The summed E-state index contributed by atoms with van der Waals surface area (Å²) < 4.78 is 0. The number of anilines is 1. The molecule has 2 aliphatic rings. The lowest BCUT2D eigenvalue weighted by Gasteiger charge is -2.28. The van der Waals surface area contributed by atoms with Crippen molar-refractivity contribution in [3.05, 3.63) is 21.6 Å². The molecule has 0 aliphatic carbocycles. The molecule has 2 aliphatic heterocycles. The summed E-state index contributed by atoms with van der Waals surface area (Å²) in [6.07, 6.45) is 0.856. The van der Waals surface area contributed by atoms with Gasteiger partial charge < -0.3 is 10.2 Å². The Balaban J connectivity index is 1.95. The van der Waals surface area contributed by atoms with E-state index < -0.39 is 0 Å². The first-order valence-electron chi connectivity index (χ1n) is 6.00. The van der Waals surface area contributed by atoms with Crippen molar-refractivity contribution in [3.63, 3.8) is 0 Å². The summed E-state index contributed by atoms with van der Waals surface area (Å²) in [5.41, 5.74) is 1.81. The van der Waals surface area contributed by atoms with Crippen molar-refractivity contribution in [1.82, 2.24) is 15.3 Å². The minimum atomic E-state index is 0.0235. The fraction of sp³-hybridized carbons (Fsp3) is 0.636. The monoisotopic (exact) mass is 252 g/mol. The van der Waals surface area contributed by atoms with E-state index in [4.69, 9.17) is 0 Å². The summed E-state index contributed by atoms with van der Waals surface area (Å²) in [5.74, 6) is 2.99. The summed E-state index contributed by atoms with van der Waals surface area (Å²) in [4.78, 5) is 21.7. The fourth-order valence-electron chi connectivity index (χ4n) is 2.27. The molecule has 1 aromatic heterocycles. The highest BCUT2D eigenvalue weighted by Crippen LogP contribution is 2.16. The third kappa shape index (κ3) is 2.19. The Morgan fingerprint density at radius 2 is 2.12 bits per heavy atom. The molecule has 92 valence electrons. The van der Waals surface area contributed by atoms with Crippen molar-refractivity contribution in [2.75, 3.05) is 36.0 Å². The molecule has 6 heteroatoms. The topological polar surface area (TPSA) is 61.0 Å². The van der Waals surface area contributed by atoms with E-state index in [9.17, 15) is 4.79 Å². The molecule has 0 radical (unpaired) electrons. The summed E-state index contributed by atoms with van der Waals surface area (Å²) in [5, 5.41) is 3.20. The van der Waals surface area contributed by atoms with Crippen molar-refractivity contribution in [1.29, 1.82) is 0 Å². The second kappa shape index (κ2) is 4.70. The van der Waals surface area contributed by atoms with Crippen LogP contribution < -0.4 is 15.8 Å². The number of nitrogens with one attached hydrogen (secondary N) is 2. The maximum Gasteiger partial charge on any atom is 0.257 e. The summed E-state index contributed by atoms with van der Waals surface area (Å²) in [6.45, 7) is 3.52. The zero-order chi connectivity index (χ0) is 11.7. The molecule has 2 N–H and O–H groups in total. The van der Waals surface area contributed by atoms with E-state index in [0.717, 1.165) is 54.8 Å². The minimum Gasteiger partial charge on any atom is -0.341 e. The molecule has 3 rings (SSSR count). The van der Waals surface area contributed by atoms with Crippen molar-refractivity contribution < 1.29 is 0 Å². The highest BCUT2D eigenvalue weighted by molar-refractivity contribution is 7.99. The van der Waals surface area contributed by atoms with E-state index in [1.165, 1.54) is 0 Å². The molecule has 0 aromatic carbocycles. The summed E-state index contributed by atoms with van der Waals surface area (Å²) in [6, 6.07) is 0. The van der Waals surface area contributed by atoms with E-state index in [0.29, 0.717) is 6.54 Å². The van der Waals surface area contributed by atoms with Gasteiger partial charge in [-0.05, 0) is 0 Å². The van der Waals surface area contributed by atoms with Gasteiger partial charge in [-0.25, -0.2) is 4.98 Å². The Morgan fingerprint density at radius 1 is 1.29 bits per heavy atom. The third-order valence-electron chi connectivity index (χ3n) is 3.24. The molecule has 1 saturated heterocycles. The van der Waals surface area contributed by atoms with Gasteiger partial charge in [0.15, 0.2) is 0 Å². The number of hydrogen-bond donors (Lipinski definition) is 2. The molecule has 5 nitrogen and oxygen atoms in total. The van der Waals surface area contributed by atoms with Gasteiger partial charge in [0.1, 0.15) is 0 Å². The molecular formula is C11H16N4OS. The second-order valence-corrected chi connectivity index (χ2v) is 5.57. The van der Waals surface area contributed by atoms with Crippen LogP contribution in [0.3, 0.4) is 0 Å². The molecule has 3 heterocycles. The average Bonchev–Trinajstić information content (AvgIpc) is 2.40. The van der Waals surface area contributed by atoms with Crippen molar-refractivity contribution in [3.8, 4) is 0 Å². The molecule has 1 aromatic rings. The second-order valence-electron chi connectivity index (χ2n) is 4.34. The van der Waals surface area contributed by atoms with Gasteiger partial charge in [-0.15, -0.1) is 0 Å². The van der Waals surface area contributed by atoms with Crippen LogP contribution in [0.25, 0.3) is 0 Å². The Labute approximate surface area is 104 Å². The third-order valence-corrected chi connectivity index (χ3v) is 4.18. The van der Waals surface area contributed by atoms with Gasteiger partial charge in [-0.3, -0.25) is 9.78 Å². The average molecular weight is 252 g/mol. The number of aromatic amines is 1. The van der Waals surface area contributed by atoms with Gasteiger partial charge in [-0.1, -0.05) is 0 Å². The molecule has 0 bridgehead atoms. The number of fused-ring (bicyclic) bond motifs is 1. The lowest BCUT2D eigenvalue weighted by molar-refractivity contribution is 0.617. The number of aromatic nitrogens is 2. The lowest BCUT2D eigenvalue weighted by Crippen LogP contribution is -2.38. The molecule has 17 heavy (non-hydrogen) atoms. The summed E-state index contributed by atoms with van der Waals surface area (Å²) >= 11 is 1.95. The van der Waals surface area contributed by atoms with E-state index in [1.807, 2.05) is 11.8 Å². The molecular weight excluding hydrogens is 236 g/mol. The van der Waals surface area contributed by atoms with Gasteiger partial charge in [0, 0.05) is 44.1 Å². The maximum atomic E-state index is 12.0. The highest BCUT2D eigenvalue weighted by Gasteiger charge is 2.19. The molecule has 0 amide bonds. The first kappa shape index (κ1) is 11.1. The standard InChI is InChI=1S/C11H16N4OS/c16-10-8-7-12-2-1-9(8)13-11(14-10)15-3-5-17-6-4-15/h12H,1-7H2,(H,13,14,16). The van der Waals surface area contributed by atoms with Crippen LogP contribution in [0.5, 0.6) is 0 Å². The van der Waals surface area contributed by atoms with E-state index in [-0.39, 0.29) is 5.56 Å². The predicted octanol–water partition coefficient (Wildman–Crippen LogP) is -0.0312. The van der Waals surface area contributed by atoms with Gasteiger partial charge in [-0.2, -0.15) is 11.8 Å². The SMILES string of the molecule is O=c1[nH]c(N2CCSCC2)nc2c1CNCC2. The fourth-order valence-corrected chi connectivity index (χ4v) is 3.17. The van der Waals surface area contributed by atoms with Gasteiger partial charge in [0.25, 0.3) is 5.56 Å². The summed E-state index contributed by atoms with van der Waals surface area (Å²) in [7, 11) is 0. The Hall–Kier alpha value is -1.01. The minimum absolute atomic E-state index is 0.0235. The normalized spacial score (nSPS) is 20.1. The maximum absolute atomic E-state index is 12.0. The van der Waals surface area contributed by atoms with Crippen LogP contribution in [0.15, 0.2) is 4.79 Å². The molecule has 0 unspecified atom stereocenters. The van der Waals surface area contributed by atoms with Crippen LogP contribution in [-0.4, -0.2) is 41.1 Å². The van der Waals surface area contributed by atoms with Crippen molar-refractivity contribution in [2.24, 2.45) is 0 Å². The highest BCUT2D eigenvalue weighted by atomic mass is 32.2. The van der Waals surface area contributed by atoms with E-state index in [2.05, 4.69) is 20.2 Å². The molecule has 0 atom stereocenters. The van der Waals surface area contributed by atoms with Crippen molar-refractivity contribution >= 4 is 17.7 Å². The number of H-pyrrole nitrogens is 1. The van der Waals surface area contributed by atoms with Gasteiger partial charge in [0.2, 0.25) is 5.95 Å². The largest absolute Gasteiger partial charge is 0.341 e. The number of hydrogen-bond acceptors (Lipinski definition) is 5. The zero-order valence-electron chi connectivity index (χ0n) is 9.66. The Bertz CT molecular complexity index is 467. The quantitative estimate of drug-likeness (QED) is 0.735. The molecule has 0 saturated carbocycles. The van der Waals surface area contributed by atoms with Crippen LogP contribution in [0.1, 0.15) is 11.3 Å². The van der Waals surface area contributed by atoms with E-state index >= 15 is 0 Å². The lowest BCUT2D eigenvalue weighted by atomic mass is 10.1. The number of rotatable bonds is 1. The predicted molar refractivity (Wildman–Crippen MR) is 69.8 cm³/mol. The first-order valence-corrected chi connectivity index (χ1v) is 7.15. The van der Waals surface area contributed by atoms with Crippen molar-refractivity contribution in [2.45, 2.75) is 13.0 Å². The van der Waals surface area contributed by atoms with E-state index in [1.54, 1.807) is 0 Å². The van der Waals surface area contributed by atoms with Gasteiger partial charge in [0.05, 0.1) is 11.3 Å². The van der Waals surface area contributed by atoms with Gasteiger partial charge >= 0.3 is 0 Å². The zero-order valence-corrected chi connectivity index (χ0v) is 10.5. The number of nitrogens with zero attached hydrogens (tertiary/aromatic N) is 2. The molecule has 1 fully saturated rings. The number of thioether (sulfide) groups is 1. The Morgan fingerprint density at radius 3 is 2.94 bits per heavy atom. The van der Waals surface area contributed by atoms with Crippen LogP contribution in [0, 0.1) is 0 Å². The van der Waals surface area contributed by atoms with Crippen LogP contribution in [0.2, 0.25) is 0 Å². The Kier molecular flexibility index (Phi) is 3.07. The van der Waals surface area contributed by atoms with Crippen LogP contribution >= 0.6 is 11.8 Å². The first-order chi connectivity index (χ1) is 8.34. The smallest absolute Gasteiger partial charge is 0.257 e. The van der Waals surface area contributed by atoms with Crippen LogP contribution in [-0.2, 0) is 13.0 Å². The van der Waals surface area contributed by atoms with Crippen LogP contribution in [0.4, 0.5) is 5.95 Å². The molecule has 0 spiro atoms.